The Hall–Kier alpha value is -2.37. The molecule has 0 atom stereocenters. The van der Waals surface area contributed by atoms with Crippen molar-refractivity contribution in [3.05, 3.63) is 56.6 Å². The van der Waals surface area contributed by atoms with Crippen molar-refractivity contribution < 1.29 is 0 Å². The summed E-state index contributed by atoms with van der Waals surface area (Å²) in [6.45, 7) is 4.27. The van der Waals surface area contributed by atoms with Crippen molar-refractivity contribution in [1.82, 2.24) is 14.1 Å². The van der Waals surface area contributed by atoms with Gasteiger partial charge in [0, 0.05) is 18.4 Å². The van der Waals surface area contributed by atoms with Crippen LogP contribution in [0.2, 0.25) is 0 Å². The number of pyridine rings is 1. The van der Waals surface area contributed by atoms with Gasteiger partial charge in [0.05, 0.1) is 12.2 Å². The molecule has 0 bridgehead atoms. The smallest absolute Gasteiger partial charge is 0.331 e. The first-order valence-electron chi connectivity index (χ1n) is 6.05. The number of aromatic nitrogens is 3. The summed E-state index contributed by atoms with van der Waals surface area (Å²) in [7, 11) is 0. The molecule has 2 heterocycles. The highest BCUT2D eigenvalue weighted by Gasteiger charge is 2.09. The highest BCUT2D eigenvalue weighted by molar-refractivity contribution is 5.31. The number of anilines is 1. The van der Waals surface area contributed by atoms with Gasteiger partial charge in [-0.25, -0.2) is 4.79 Å². The van der Waals surface area contributed by atoms with Gasteiger partial charge in [-0.2, -0.15) is 0 Å². The van der Waals surface area contributed by atoms with Gasteiger partial charge in [-0.05, 0) is 26.0 Å². The van der Waals surface area contributed by atoms with E-state index in [1.807, 2.05) is 26.0 Å². The lowest BCUT2D eigenvalue weighted by Crippen LogP contribution is -2.40. The zero-order valence-electron chi connectivity index (χ0n) is 11.0. The van der Waals surface area contributed by atoms with Crippen molar-refractivity contribution in [1.29, 1.82) is 0 Å². The summed E-state index contributed by atoms with van der Waals surface area (Å²) in [5.41, 5.74) is 6.35. The molecule has 0 aliphatic carbocycles. The fraction of sp³-hybridized carbons (Fsp3) is 0.308. The van der Waals surface area contributed by atoms with E-state index in [1.54, 1.807) is 6.07 Å². The molecule has 0 spiro atoms. The molecule has 0 aliphatic rings. The van der Waals surface area contributed by atoms with Gasteiger partial charge in [0.1, 0.15) is 5.69 Å². The molecular formula is C13H16N4O2. The summed E-state index contributed by atoms with van der Waals surface area (Å²) in [5, 5.41) is 0. The molecule has 0 unspecified atom stereocenters. The number of hydrogen-bond acceptors (Lipinski definition) is 4. The summed E-state index contributed by atoms with van der Waals surface area (Å²) in [4.78, 5) is 28.3. The fourth-order valence-electron chi connectivity index (χ4n) is 1.89. The third-order valence-electron chi connectivity index (χ3n) is 2.87. The van der Waals surface area contributed by atoms with Crippen LogP contribution in [-0.2, 0) is 13.1 Å². The summed E-state index contributed by atoms with van der Waals surface area (Å²) in [5.74, 6) is 0. The lowest BCUT2D eigenvalue weighted by Gasteiger charge is -2.09. The quantitative estimate of drug-likeness (QED) is 0.864. The maximum atomic E-state index is 12.1. The van der Waals surface area contributed by atoms with Gasteiger partial charge in [-0.3, -0.25) is 18.9 Å². The minimum absolute atomic E-state index is 0.0640. The van der Waals surface area contributed by atoms with E-state index in [0.29, 0.717) is 12.2 Å². The molecule has 0 amide bonds. The molecule has 2 aromatic heterocycles. The molecule has 0 saturated carbocycles. The molecule has 2 aromatic rings. The predicted molar refractivity (Wildman–Crippen MR) is 73.1 cm³/mol. The number of aryl methyl sites for hydroxylation is 2. The van der Waals surface area contributed by atoms with Crippen molar-refractivity contribution >= 4 is 5.69 Å². The molecule has 2 N–H and O–H groups in total. The number of nitrogens with zero attached hydrogens (tertiary/aromatic N) is 3. The van der Waals surface area contributed by atoms with E-state index in [0.717, 1.165) is 10.3 Å². The number of nitrogen functional groups attached to an aromatic ring is 1. The molecule has 0 fully saturated rings. The SMILES string of the molecule is CCn1cc(N)c(=O)n(Cc2cccc(C)n2)c1=O. The second kappa shape index (κ2) is 5.09. The first kappa shape index (κ1) is 13.1. The maximum Gasteiger partial charge on any atom is 0.331 e. The van der Waals surface area contributed by atoms with Crippen molar-refractivity contribution in [3.63, 3.8) is 0 Å². The monoisotopic (exact) mass is 260 g/mol. The third kappa shape index (κ3) is 2.57. The molecule has 2 rings (SSSR count). The topological polar surface area (TPSA) is 82.9 Å². The first-order chi connectivity index (χ1) is 9.02. The van der Waals surface area contributed by atoms with E-state index >= 15 is 0 Å². The zero-order valence-corrected chi connectivity index (χ0v) is 11.0. The van der Waals surface area contributed by atoms with E-state index in [1.165, 1.54) is 10.8 Å². The minimum atomic E-state index is -0.474. The van der Waals surface area contributed by atoms with Gasteiger partial charge in [0.2, 0.25) is 0 Å². The average Bonchev–Trinajstić information content (AvgIpc) is 2.39. The van der Waals surface area contributed by atoms with Crippen LogP contribution >= 0.6 is 0 Å². The van der Waals surface area contributed by atoms with Gasteiger partial charge in [0.25, 0.3) is 5.56 Å². The Kier molecular flexibility index (Phi) is 3.50. The van der Waals surface area contributed by atoms with Crippen molar-refractivity contribution in [2.75, 3.05) is 5.73 Å². The lowest BCUT2D eigenvalue weighted by molar-refractivity contribution is 0.597. The van der Waals surface area contributed by atoms with Gasteiger partial charge in [0.15, 0.2) is 0 Å². The molecule has 100 valence electrons. The maximum absolute atomic E-state index is 12.1. The Labute approximate surface area is 110 Å². The number of nitrogens with two attached hydrogens (primary N) is 1. The molecular weight excluding hydrogens is 244 g/mol. The number of hydrogen-bond donors (Lipinski definition) is 1. The van der Waals surface area contributed by atoms with Crippen LogP contribution < -0.4 is 17.0 Å². The first-order valence-corrected chi connectivity index (χ1v) is 6.05. The van der Waals surface area contributed by atoms with Gasteiger partial charge < -0.3 is 5.73 Å². The normalized spacial score (nSPS) is 10.6. The van der Waals surface area contributed by atoms with Gasteiger partial charge in [-0.1, -0.05) is 6.07 Å². The highest BCUT2D eigenvalue weighted by Crippen LogP contribution is 1.99. The Morgan fingerprint density at radius 2 is 2.05 bits per heavy atom. The van der Waals surface area contributed by atoms with Crippen LogP contribution in [0.3, 0.4) is 0 Å². The summed E-state index contributed by atoms with van der Waals surface area (Å²) >= 11 is 0. The number of rotatable bonds is 3. The molecule has 0 aliphatic heterocycles. The summed E-state index contributed by atoms with van der Waals surface area (Å²) < 4.78 is 2.52. The highest BCUT2D eigenvalue weighted by atomic mass is 16.2. The predicted octanol–water partition coefficient (Wildman–Crippen LogP) is 0.364. The molecule has 19 heavy (non-hydrogen) atoms. The van der Waals surface area contributed by atoms with Crippen LogP contribution in [0.25, 0.3) is 0 Å². The zero-order chi connectivity index (χ0) is 14.0. The molecule has 0 radical (unpaired) electrons. The minimum Gasteiger partial charge on any atom is -0.393 e. The average molecular weight is 260 g/mol. The standard InChI is InChI=1S/C13H16N4O2/c1-3-16-8-11(14)12(18)17(13(16)19)7-10-6-4-5-9(2)15-10/h4-6,8H,3,7,14H2,1-2H3. The summed E-state index contributed by atoms with van der Waals surface area (Å²) in [6.07, 6.45) is 1.38. The fourth-order valence-corrected chi connectivity index (χ4v) is 1.89. The van der Waals surface area contributed by atoms with E-state index in [9.17, 15) is 9.59 Å². The van der Waals surface area contributed by atoms with Crippen molar-refractivity contribution in [2.24, 2.45) is 0 Å². The van der Waals surface area contributed by atoms with Crippen molar-refractivity contribution in [2.45, 2.75) is 26.9 Å². The van der Waals surface area contributed by atoms with Gasteiger partial charge >= 0.3 is 5.69 Å². The lowest BCUT2D eigenvalue weighted by atomic mass is 10.3. The second-order valence-corrected chi connectivity index (χ2v) is 4.31. The molecule has 6 heteroatoms. The second-order valence-electron chi connectivity index (χ2n) is 4.31. The van der Waals surface area contributed by atoms with E-state index in [4.69, 9.17) is 5.73 Å². The van der Waals surface area contributed by atoms with Crippen LogP contribution in [0.1, 0.15) is 18.3 Å². The van der Waals surface area contributed by atoms with Crippen LogP contribution in [0, 0.1) is 6.92 Å². The van der Waals surface area contributed by atoms with Crippen LogP contribution in [0.5, 0.6) is 0 Å². The third-order valence-corrected chi connectivity index (χ3v) is 2.87. The summed E-state index contributed by atoms with van der Waals surface area (Å²) in [6, 6.07) is 5.47. The Morgan fingerprint density at radius 3 is 2.68 bits per heavy atom. The largest absolute Gasteiger partial charge is 0.393 e. The Morgan fingerprint density at radius 1 is 1.32 bits per heavy atom. The Balaban J connectivity index is 2.54. The van der Waals surface area contributed by atoms with Crippen LogP contribution in [0.4, 0.5) is 5.69 Å². The van der Waals surface area contributed by atoms with E-state index in [2.05, 4.69) is 4.98 Å². The van der Waals surface area contributed by atoms with Crippen LogP contribution in [0.15, 0.2) is 34.0 Å². The molecule has 6 nitrogen and oxygen atoms in total. The van der Waals surface area contributed by atoms with Gasteiger partial charge in [-0.15, -0.1) is 0 Å². The molecule has 0 aromatic carbocycles. The molecule has 0 saturated heterocycles. The van der Waals surface area contributed by atoms with Crippen LogP contribution in [-0.4, -0.2) is 14.1 Å². The van der Waals surface area contributed by atoms with Crippen molar-refractivity contribution in [3.8, 4) is 0 Å². The van der Waals surface area contributed by atoms with E-state index in [-0.39, 0.29) is 17.9 Å². The Bertz CT molecular complexity index is 715. The van der Waals surface area contributed by atoms with E-state index < -0.39 is 5.56 Å².